The lowest BCUT2D eigenvalue weighted by atomic mass is 9.70. The van der Waals surface area contributed by atoms with Crippen LogP contribution in [0.15, 0.2) is 84.9 Å². The largest absolute Gasteiger partial charge is 0.469 e. The van der Waals surface area contributed by atoms with Gasteiger partial charge in [0.05, 0.1) is 31.2 Å². The van der Waals surface area contributed by atoms with Crippen molar-refractivity contribution >= 4 is 34.7 Å². The van der Waals surface area contributed by atoms with Crippen LogP contribution in [-0.4, -0.2) is 35.7 Å². The van der Waals surface area contributed by atoms with Gasteiger partial charge in [0.2, 0.25) is 0 Å². The average molecular weight is 471 g/mol. The van der Waals surface area contributed by atoms with Crippen LogP contribution in [0.2, 0.25) is 0 Å². The van der Waals surface area contributed by atoms with E-state index in [-0.39, 0.29) is 0 Å². The Labute approximate surface area is 200 Å². The summed E-state index contributed by atoms with van der Waals surface area (Å²) in [6.07, 6.45) is 0. The lowest BCUT2D eigenvalue weighted by Crippen LogP contribution is -2.51. The van der Waals surface area contributed by atoms with Gasteiger partial charge in [-0.05, 0) is 23.3 Å². The Balaban J connectivity index is 1.81. The number of para-hydroxylation sites is 2. The third-order valence-electron chi connectivity index (χ3n) is 7.03. The first kappa shape index (κ1) is 21.0. The summed E-state index contributed by atoms with van der Waals surface area (Å²) < 4.78 is 11.9. The highest BCUT2D eigenvalue weighted by molar-refractivity contribution is 8.02. The van der Waals surface area contributed by atoms with Gasteiger partial charge in [-0.2, -0.15) is 0 Å². The van der Waals surface area contributed by atoms with E-state index in [4.69, 9.17) is 14.5 Å². The molecule has 6 rings (SSSR count). The maximum atomic E-state index is 13.6. The third-order valence-corrected chi connectivity index (χ3v) is 9.01. The van der Waals surface area contributed by atoms with Crippen molar-refractivity contribution in [1.82, 2.24) is 9.55 Å². The van der Waals surface area contributed by atoms with Crippen LogP contribution in [0.3, 0.4) is 0 Å². The number of esters is 2. The van der Waals surface area contributed by atoms with Gasteiger partial charge in [-0.3, -0.25) is 9.59 Å². The molecule has 170 valence electrons. The molecule has 1 aromatic heterocycles. The summed E-state index contributed by atoms with van der Waals surface area (Å²) in [5.41, 5.74) is 3.52. The smallest absolute Gasteiger partial charge is 0.313 e. The van der Waals surface area contributed by atoms with Crippen molar-refractivity contribution in [1.29, 1.82) is 0 Å². The minimum absolute atomic E-state index is 0.451. The van der Waals surface area contributed by atoms with E-state index < -0.39 is 33.4 Å². The molecule has 3 aromatic carbocycles. The number of benzene rings is 3. The predicted molar refractivity (Wildman–Crippen MR) is 129 cm³/mol. The van der Waals surface area contributed by atoms with E-state index >= 15 is 0 Å². The first-order chi connectivity index (χ1) is 16.6. The third kappa shape index (κ3) is 2.45. The zero-order valence-electron chi connectivity index (χ0n) is 18.7. The quantitative estimate of drug-likeness (QED) is 0.414. The number of hydrogen-bond acceptors (Lipinski definition) is 6. The molecule has 1 saturated heterocycles. The molecule has 4 aromatic rings. The number of carbonyl (C=O) groups excluding carboxylic acids is 2. The molecule has 4 atom stereocenters. The zero-order chi connectivity index (χ0) is 23.5. The van der Waals surface area contributed by atoms with Crippen LogP contribution in [0, 0.1) is 11.8 Å². The highest BCUT2D eigenvalue weighted by Gasteiger charge is 2.76. The Morgan fingerprint density at radius 1 is 0.794 bits per heavy atom. The molecule has 2 aliphatic rings. The first-order valence-corrected chi connectivity index (χ1v) is 11.9. The highest BCUT2D eigenvalue weighted by atomic mass is 32.2. The van der Waals surface area contributed by atoms with Gasteiger partial charge >= 0.3 is 11.9 Å². The summed E-state index contributed by atoms with van der Waals surface area (Å²) in [4.78, 5) is 31.2. The van der Waals surface area contributed by atoms with E-state index in [9.17, 15) is 9.59 Å². The van der Waals surface area contributed by atoms with Crippen molar-refractivity contribution in [2.75, 3.05) is 14.2 Å². The van der Waals surface area contributed by atoms with E-state index in [1.54, 1.807) is 11.8 Å². The van der Waals surface area contributed by atoms with Crippen molar-refractivity contribution in [3.63, 3.8) is 0 Å². The molecule has 6 nitrogen and oxygen atoms in total. The van der Waals surface area contributed by atoms with Crippen molar-refractivity contribution in [2.45, 2.75) is 9.62 Å². The number of carbonyl (C=O) groups is 2. The van der Waals surface area contributed by atoms with E-state index in [1.807, 2.05) is 84.9 Å². The molecule has 2 bridgehead atoms. The van der Waals surface area contributed by atoms with E-state index in [2.05, 4.69) is 4.57 Å². The van der Waals surface area contributed by atoms with E-state index in [1.165, 1.54) is 14.2 Å². The Hall–Kier alpha value is -3.58. The number of ether oxygens (including phenoxy) is 2. The van der Waals surface area contributed by atoms with Gasteiger partial charge in [0.1, 0.15) is 21.4 Å². The van der Waals surface area contributed by atoms with Crippen LogP contribution >= 0.6 is 11.8 Å². The van der Waals surface area contributed by atoms with Crippen molar-refractivity contribution in [2.24, 2.45) is 11.8 Å². The molecule has 2 aliphatic heterocycles. The van der Waals surface area contributed by atoms with Crippen molar-refractivity contribution in [3.05, 3.63) is 102 Å². The second-order valence-corrected chi connectivity index (χ2v) is 10.00. The number of imidazole rings is 1. The number of aromatic nitrogens is 2. The molecule has 3 heterocycles. The molecule has 1 fully saturated rings. The van der Waals surface area contributed by atoms with Crippen LogP contribution in [-0.2, 0) is 28.7 Å². The summed E-state index contributed by atoms with van der Waals surface area (Å²) in [5.74, 6) is -1.83. The Bertz CT molecular complexity index is 1420. The van der Waals surface area contributed by atoms with Gasteiger partial charge in [-0.25, -0.2) is 4.98 Å². The molecule has 0 N–H and O–H groups in total. The van der Waals surface area contributed by atoms with E-state index in [0.717, 1.165) is 28.0 Å². The fourth-order valence-corrected chi connectivity index (χ4v) is 7.99. The summed E-state index contributed by atoms with van der Waals surface area (Å²) in [7, 11) is 2.73. The Morgan fingerprint density at radius 2 is 1.35 bits per heavy atom. The number of fused-ring (bicyclic) bond motifs is 7. The number of nitrogens with zero attached hydrogens (tertiary/aromatic N) is 2. The maximum Gasteiger partial charge on any atom is 0.313 e. The normalized spacial score (nSPS) is 26.9. The summed E-state index contributed by atoms with van der Waals surface area (Å²) in [6.45, 7) is 0. The molecule has 0 amide bonds. The fourth-order valence-electron chi connectivity index (χ4n) is 5.76. The standard InChI is InChI=1S/C27H22N2O4S/c1-32-23(30)21-22(24(31)33-2)27(18-13-7-4-8-14-18)29-20-16-10-9-15-19(20)28-25(29)26(21,34-27)17-11-5-3-6-12-17/h3-16,21-22H,1-2H3/t21-,22+,26+,27+/m0/s1. The van der Waals surface area contributed by atoms with Crippen LogP contribution in [0.4, 0.5) is 0 Å². The monoisotopic (exact) mass is 470 g/mol. The number of hydrogen-bond donors (Lipinski definition) is 0. The van der Waals surface area contributed by atoms with Crippen molar-refractivity contribution in [3.8, 4) is 0 Å². The molecule has 0 spiro atoms. The SMILES string of the molecule is COC(=O)[C@@H]1[C@H](C(=O)OC)[C@@]2(c3ccccc3)S[C@@]1(c1ccccc1)c1nc3ccccc3n12. The highest BCUT2D eigenvalue weighted by Crippen LogP contribution is 2.74. The summed E-state index contributed by atoms with van der Waals surface area (Å²) in [6, 6.07) is 27.5. The molecular weight excluding hydrogens is 448 g/mol. The van der Waals surface area contributed by atoms with Crippen LogP contribution in [0.5, 0.6) is 0 Å². The summed E-state index contributed by atoms with van der Waals surface area (Å²) >= 11 is 1.59. The molecule has 0 unspecified atom stereocenters. The Kier molecular flexibility index (Phi) is 4.61. The van der Waals surface area contributed by atoms with Gasteiger partial charge in [-0.15, -0.1) is 11.8 Å². The minimum Gasteiger partial charge on any atom is -0.469 e. The predicted octanol–water partition coefficient (Wildman–Crippen LogP) is 4.32. The van der Waals surface area contributed by atoms with Gasteiger partial charge in [0.25, 0.3) is 0 Å². The topological polar surface area (TPSA) is 70.4 Å². The number of thioether (sulfide) groups is 1. The second kappa shape index (κ2) is 7.46. The van der Waals surface area contributed by atoms with Gasteiger partial charge in [0.15, 0.2) is 0 Å². The van der Waals surface area contributed by atoms with Gasteiger partial charge < -0.3 is 14.0 Å². The second-order valence-electron chi connectivity index (χ2n) is 8.53. The van der Waals surface area contributed by atoms with Crippen LogP contribution in [0.25, 0.3) is 11.0 Å². The van der Waals surface area contributed by atoms with E-state index in [0.29, 0.717) is 0 Å². The zero-order valence-corrected chi connectivity index (χ0v) is 19.5. The fraction of sp³-hybridized carbons (Fsp3) is 0.222. The summed E-state index contributed by atoms with van der Waals surface area (Å²) in [5, 5.41) is 0. The minimum atomic E-state index is -0.950. The van der Waals surface area contributed by atoms with Gasteiger partial charge in [0, 0.05) is 0 Å². The lowest BCUT2D eigenvalue weighted by Gasteiger charge is -2.39. The molecule has 7 heteroatoms. The first-order valence-electron chi connectivity index (χ1n) is 11.0. The molecule has 34 heavy (non-hydrogen) atoms. The van der Waals surface area contributed by atoms with Crippen molar-refractivity contribution < 1.29 is 19.1 Å². The molecular formula is C27H22N2O4S. The van der Waals surface area contributed by atoms with Crippen LogP contribution < -0.4 is 0 Å². The van der Waals surface area contributed by atoms with Crippen LogP contribution in [0.1, 0.15) is 17.0 Å². The maximum absolute atomic E-state index is 13.6. The molecule has 0 radical (unpaired) electrons. The lowest BCUT2D eigenvalue weighted by molar-refractivity contribution is -0.161. The average Bonchev–Trinajstić information content (AvgIpc) is 3.54. The molecule has 0 aliphatic carbocycles. The Morgan fingerprint density at radius 3 is 2.00 bits per heavy atom. The van der Waals surface area contributed by atoms with Gasteiger partial charge in [-0.1, -0.05) is 72.8 Å². The molecule has 0 saturated carbocycles. The number of rotatable bonds is 4. The number of methoxy groups -OCH3 is 2.